The van der Waals surface area contributed by atoms with Crippen molar-refractivity contribution in [3.8, 4) is 17.2 Å². The minimum absolute atomic E-state index is 0.184. The van der Waals surface area contributed by atoms with Gasteiger partial charge < -0.3 is 14.2 Å². The van der Waals surface area contributed by atoms with E-state index in [1.165, 1.54) is 4.90 Å². The van der Waals surface area contributed by atoms with Gasteiger partial charge in [0.1, 0.15) is 12.4 Å². The lowest BCUT2D eigenvalue weighted by Gasteiger charge is -2.13. The number of carbonyl (C=O) groups excluding carboxylic acids is 2. The van der Waals surface area contributed by atoms with Crippen molar-refractivity contribution in [2.75, 3.05) is 26.9 Å². The first-order valence-electron chi connectivity index (χ1n) is 9.38. The van der Waals surface area contributed by atoms with Gasteiger partial charge >= 0.3 is 0 Å². The Kier molecular flexibility index (Phi) is 7.44. The van der Waals surface area contributed by atoms with Crippen LogP contribution in [0, 0.1) is 6.92 Å². The third-order valence-corrected chi connectivity index (χ3v) is 5.94. The zero-order valence-electron chi connectivity index (χ0n) is 16.9. The van der Waals surface area contributed by atoms with Crippen LogP contribution in [0.25, 0.3) is 6.08 Å². The molecular formula is C22H22BrNO5S. The van der Waals surface area contributed by atoms with Gasteiger partial charge in [0, 0.05) is 4.47 Å². The highest BCUT2D eigenvalue weighted by atomic mass is 79.9. The van der Waals surface area contributed by atoms with Crippen LogP contribution in [-0.4, -0.2) is 42.9 Å². The molecule has 0 bridgehead atoms. The van der Waals surface area contributed by atoms with Crippen LogP contribution >= 0.6 is 27.7 Å². The lowest BCUT2D eigenvalue weighted by Crippen LogP contribution is -2.32. The summed E-state index contributed by atoms with van der Waals surface area (Å²) in [7, 11) is 1.55. The minimum Gasteiger partial charge on any atom is -0.493 e. The molecular weight excluding hydrogens is 470 g/mol. The van der Waals surface area contributed by atoms with Crippen LogP contribution in [0.1, 0.15) is 18.1 Å². The van der Waals surface area contributed by atoms with Crippen molar-refractivity contribution in [1.29, 1.82) is 0 Å². The second-order valence-corrected chi connectivity index (χ2v) is 8.30. The molecule has 0 aromatic heterocycles. The second-order valence-electron chi connectivity index (χ2n) is 6.45. The molecule has 0 N–H and O–H groups in total. The van der Waals surface area contributed by atoms with Gasteiger partial charge in [0.25, 0.3) is 11.1 Å². The van der Waals surface area contributed by atoms with Crippen LogP contribution < -0.4 is 14.2 Å². The summed E-state index contributed by atoms with van der Waals surface area (Å²) in [6, 6.07) is 11.2. The lowest BCUT2D eigenvalue weighted by molar-refractivity contribution is -0.123. The lowest BCUT2D eigenvalue weighted by atomic mass is 10.2. The summed E-state index contributed by atoms with van der Waals surface area (Å²) in [5, 5.41) is -0.312. The Hall–Kier alpha value is -2.45. The van der Waals surface area contributed by atoms with E-state index in [0.29, 0.717) is 28.8 Å². The number of imide groups is 1. The van der Waals surface area contributed by atoms with E-state index in [0.717, 1.165) is 27.4 Å². The maximum absolute atomic E-state index is 12.7. The van der Waals surface area contributed by atoms with Crippen LogP contribution in [0.15, 0.2) is 45.8 Å². The van der Waals surface area contributed by atoms with E-state index in [-0.39, 0.29) is 24.3 Å². The summed E-state index contributed by atoms with van der Waals surface area (Å²) >= 11 is 4.40. The van der Waals surface area contributed by atoms with Crippen LogP contribution in [0.5, 0.6) is 17.2 Å². The van der Waals surface area contributed by atoms with Gasteiger partial charge in [-0.05, 0) is 61.5 Å². The quantitative estimate of drug-likeness (QED) is 0.468. The Bertz CT molecular complexity index is 974. The van der Waals surface area contributed by atoms with E-state index >= 15 is 0 Å². The van der Waals surface area contributed by atoms with Gasteiger partial charge in [-0.25, -0.2) is 0 Å². The van der Waals surface area contributed by atoms with E-state index in [2.05, 4.69) is 15.9 Å². The number of ether oxygens (including phenoxy) is 3. The van der Waals surface area contributed by atoms with Crippen molar-refractivity contribution in [2.24, 2.45) is 0 Å². The van der Waals surface area contributed by atoms with Gasteiger partial charge in [0.2, 0.25) is 0 Å². The van der Waals surface area contributed by atoms with Crippen LogP contribution in [-0.2, 0) is 4.79 Å². The SMILES string of the molecule is CCOc1cc(Br)c(/C=C2\SC(=O)N(CCOc3ccc(C)cc3)C2=O)cc1OC. The molecule has 1 aliphatic rings. The van der Waals surface area contributed by atoms with Gasteiger partial charge in [-0.2, -0.15) is 0 Å². The molecule has 2 amide bonds. The van der Waals surface area contributed by atoms with E-state index in [1.807, 2.05) is 38.1 Å². The third kappa shape index (κ3) is 5.17. The Labute approximate surface area is 188 Å². The molecule has 0 unspecified atom stereocenters. The largest absolute Gasteiger partial charge is 0.493 e. The Balaban J connectivity index is 1.70. The van der Waals surface area contributed by atoms with Crippen LogP contribution in [0.3, 0.4) is 0 Å². The Morgan fingerprint density at radius 2 is 1.83 bits per heavy atom. The Morgan fingerprint density at radius 3 is 2.50 bits per heavy atom. The fourth-order valence-electron chi connectivity index (χ4n) is 2.81. The van der Waals surface area contributed by atoms with Crippen molar-refractivity contribution in [3.05, 3.63) is 56.9 Å². The molecule has 1 aliphatic heterocycles. The van der Waals surface area contributed by atoms with Crippen molar-refractivity contribution in [2.45, 2.75) is 13.8 Å². The molecule has 2 aromatic rings. The number of carbonyl (C=O) groups is 2. The number of nitrogens with zero attached hydrogens (tertiary/aromatic N) is 1. The normalized spacial score (nSPS) is 15.1. The maximum Gasteiger partial charge on any atom is 0.293 e. The zero-order chi connectivity index (χ0) is 21.7. The van der Waals surface area contributed by atoms with E-state index in [4.69, 9.17) is 14.2 Å². The number of methoxy groups -OCH3 is 1. The van der Waals surface area contributed by atoms with Gasteiger partial charge in [-0.1, -0.05) is 33.6 Å². The monoisotopic (exact) mass is 491 g/mol. The minimum atomic E-state index is -0.336. The number of halogens is 1. The van der Waals surface area contributed by atoms with Crippen molar-refractivity contribution < 1.29 is 23.8 Å². The summed E-state index contributed by atoms with van der Waals surface area (Å²) in [5.74, 6) is 1.52. The third-order valence-electron chi connectivity index (χ3n) is 4.35. The predicted octanol–water partition coefficient (Wildman–Crippen LogP) is 5.28. The summed E-state index contributed by atoms with van der Waals surface area (Å²) in [4.78, 5) is 26.6. The van der Waals surface area contributed by atoms with E-state index < -0.39 is 0 Å². The standard InChI is InChI=1S/C22H22BrNO5S/c1-4-28-19-13-17(23)15(11-18(19)27-3)12-20-21(25)24(22(26)30-20)9-10-29-16-7-5-14(2)6-8-16/h5-8,11-13H,4,9-10H2,1-3H3/b20-12-. The van der Waals surface area contributed by atoms with Crippen LogP contribution in [0.4, 0.5) is 4.79 Å². The molecule has 0 radical (unpaired) electrons. The molecule has 3 rings (SSSR count). The molecule has 0 spiro atoms. The van der Waals surface area contributed by atoms with E-state index in [1.54, 1.807) is 25.3 Å². The molecule has 2 aromatic carbocycles. The first-order valence-corrected chi connectivity index (χ1v) is 11.0. The highest BCUT2D eigenvalue weighted by Crippen LogP contribution is 2.38. The first kappa shape index (κ1) is 22.2. The number of hydrogen-bond donors (Lipinski definition) is 0. The fraction of sp³-hybridized carbons (Fsp3) is 0.273. The average molecular weight is 492 g/mol. The number of aryl methyl sites for hydroxylation is 1. The van der Waals surface area contributed by atoms with Gasteiger partial charge in [-0.15, -0.1) is 0 Å². The smallest absolute Gasteiger partial charge is 0.293 e. The fourth-order valence-corrected chi connectivity index (χ4v) is 4.11. The molecule has 6 nitrogen and oxygen atoms in total. The summed E-state index contributed by atoms with van der Waals surface area (Å²) < 4.78 is 17.3. The molecule has 1 saturated heterocycles. The topological polar surface area (TPSA) is 65.1 Å². The van der Waals surface area contributed by atoms with Crippen LogP contribution in [0.2, 0.25) is 0 Å². The highest BCUT2D eigenvalue weighted by Gasteiger charge is 2.35. The number of rotatable bonds is 8. The second kappa shape index (κ2) is 10.0. The van der Waals surface area contributed by atoms with Crippen molar-refractivity contribution in [1.82, 2.24) is 4.90 Å². The number of amides is 2. The van der Waals surface area contributed by atoms with Crippen molar-refractivity contribution in [3.63, 3.8) is 0 Å². The number of thioether (sulfide) groups is 1. The summed E-state index contributed by atoms with van der Waals surface area (Å²) in [5.41, 5.74) is 1.85. The molecule has 0 atom stereocenters. The highest BCUT2D eigenvalue weighted by molar-refractivity contribution is 9.10. The first-order chi connectivity index (χ1) is 14.4. The predicted molar refractivity (Wildman–Crippen MR) is 121 cm³/mol. The van der Waals surface area contributed by atoms with E-state index in [9.17, 15) is 9.59 Å². The molecule has 8 heteroatoms. The van der Waals surface area contributed by atoms with Gasteiger partial charge in [0.05, 0.1) is 25.2 Å². The molecule has 0 aliphatic carbocycles. The molecule has 1 heterocycles. The van der Waals surface area contributed by atoms with Gasteiger partial charge in [0.15, 0.2) is 11.5 Å². The summed E-state index contributed by atoms with van der Waals surface area (Å²) in [6.45, 7) is 4.80. The van der Waals surface area contributed by atoms with Gasteiger partial charge in [-0.3, -0.25) is 14.5 Å². The number of benzene rings is 2. The summed E-state index contributed by atoms with van der Waals surface area (Å²) in [6.07, 6.45) is 1.67. The molecule has 158 valence electrons. The molecule has 1 fully saturated rings. The zero-order valence-corrected chi connectivity index (χ0v) is 19.3. The average Bonchev–Trinajstić information content (AvgIpc) is 2.99. The Morgan fingerprint density at radius 1 is 1.10 bits per heavy atom. The van der Waals surface area contributed by atoms with Crippen molar-refractivity contribution >= 4 is 44.9 Å². The molecule has 0 saturated carbocycles. The number of hydrogen-bond acceptors (Lipinski definition) is 6. The molecule has 30 heavy (non-hydrogen) atoms. The maximum atomic E-state index is 12.7.